The van der Waals surface area contributed by atoms with Crippen LogP contribution in [0, 0.1) is 13.8 Å². The lowest BCUT2D eigenvalue weighted by molar-refractivity contribution is 0.0318. The van der Waals surface area contributed by atoms with Crippen LogP contribution in [0.15, 0.2) is 54.6 Å². The van der Waals surface area contributed by atoms with E-state index in [-0.39, 0.29) is 17.1 Å². The third kappa shape index (κ3) is 3.94. The van der Waals surface area contributed by atoms with Gasteiger partial charge in [0.05, 0.1) is 5.56 Å². The molecule has 0 saturated carbocycles. The highest BCUT2D eigenvalue weighted by Gasteiger charge is 2.25. The van der Waals surface area contributed by atoms with Gasteiger partial charge in [0.15, 0.2) is 6.10 Å². The third-order valence-electron chi connectivity index (χ3n) is 4.52. The second-order valence-corrected chi connectivity index (χ2v) is 7.00. The SMILES string of the molecule is Cc1cc(C(=O)C(C)OC(=O)c2cccc(O)c2)c(C)n1-c1ccc(Cl)cc1. The van der Waals surface area contributed by atoms with Gasteiger partial charge in [0, 0.05) is 27.7 Å². The summed E-state index contributed by atoms with van der Waals surface area (Å²) in [5.74, 6) is -0.995. The van der Waals surface area contributed by atoms with Gasteiger partial charge in [-0.3, -0.25) is 4.79 Å². The highest BCUT2D eigenvalue weighted by atomic mass is 35.5. The first-order chi connectivity index (χ1) is 13.3. The van der Waals surface area contributed by atoms with Crippen LogP contribution in [-0.2, 0) is 4.74 Å². The Morgan fingerprint density at radius 2 is 1.75 bits per heavy atom. The Morgan fingerprint density at radius 1 is 1.07 bits per heavy atom. The highest BCUT2D eigenvalue weighted by molar-refractivity contribution is 6.30. The average Bonchev–Trinajstić information content (AvgIpc) is 2.96. The molecule has 0 fully saturated rings. The molecule has 0 aliphatic rings. The lowest BCUT2D eigenvalue weighted by Crippen LogP contribution is -2.24. The first kappa shape index (κ1) is 19.7. The summed E-state index contributed by atoms with van der Waals surface area (Å²) in [5, 5.41) is 10.1. The average molecular weight is 398 g/mol. The second-order valence-electron chi connectivity index (χ2n) is 6.56. The van der Waals surface area contributed by atoms with Gasteiger partial charge in [-0.2, -0.15) is 0 Å². The number of benzene rings is 2. The normalized spacial score (nSPS) is 11.9. The van der Waals surface area contributed by atoms with E-state index in [9.17, 15) is 14.7 Å². The number of halogens is 1. The summed E-state index contributed by atoms with van der Waals surface area (Å²) in [6.45, 7) is 5.29. The van der Waals surface area contributed by atoms with Crippen molar-refractivity contribution in [2.24, 2.45) is 0 Å². The van der Waals surface area contributed by atoms with Crippen molar-refractivity contribution >= 4 is 23.4 Å². The maximum absolute atomic E-state index is 12.9. The summed E-state index contributed by atoms with van der Waals surface area (Å²) in [6.07, 6.45) is -0.964. The third-order valence-corrected chi connectivity index (χ3v) is 4.77. The predicted octanol–water partition coefficient (Wildman–Crippen LogP) is 4.88. The number of phenolic OH excluding ortho intramolecular Hbond substituents is 1. The Kier molecular flexibility index (Phi) is 5.56. The smallest absolute Gasteiger partial charge is 0.338 e. The molecule has 0 aliphatic heterocycles. The molecule has 6 heteroatoms. The van der Waals surface area contributed by atoms with Crippen molar-refractivity contribution in [2.45, 2.75) is 26.9 Å². The second kappa shape index (κ2) is 7.90. The number of carbonyl (C=O) groups is 2. The fourth-order valence-corrected chi connectivity index (χ4v) is 3.26. The Morgan fingerprint density at radius 3 is 2.39 bits per heavy atom. The zero-order chi connectivity index (χ0) is 20.4. The molecular weight excluding hydrogens is 378 g/mol. The highest BCUT2D eigenvalue weighted by Crippen LogP contribution is 2.24. The van der Waals surface area contributed by atoms with Crippen LogP contribution in [0.4, 0.5) is 0 Å². The van der Waals surface area contributed by atoms with Gasteiger partial charge in [0.1, 0.15) is 5.75 Å². The Hall–Kier alpha value is -3.05. The topological polar surface area (TPSA) is 68.5 Å². The molecule has 1 heterocycles. The molecule has 0 spiro atoms. The summed E-state index contributed by atoms with van der Waals surface area (Å²) in [5.41, 5.74) is 3.21. The van der Waals surface area contributed by atoms with E-state index in [0.717, 1.165) is 17.1 Å². The van der Waals surface area contributed by atoms with Gasteiger partial charge in [0.2, 0.25) is 5.78 Å². The zero-order valence-electron chi connectivity index (χ0n) is 15.8. The molecule has 0 saturated heterocycles. The molecule has 3 rings (SSSR count). The molecule has 1 unspecified atom stereocenters. The van der Waals surface area contributed by atoms with Crippen molar-refractivity contribution in [3.05, 3.63) is 82.1 Å². The molecule has 2 aromatic carbocycles. The molecule has 0 bridgehead atoms. The van der Waals surface area contributed by atoms with Gasteiger partial charge < -0.3 is 14.4 Å². The van der Waals surface area contributed by atoms with E-state index >= 15 is 0 Å². The molecule has 0 amide bonds. The number of rotatable bonds is 5. The predicted molar refractivity (Wildman–Crippen MR) is 108 cm³/mol. The Balaban J connectivity index is 1.83. The van der Waals surface area contributed by atoms with Gasteiger partial charge in [-0.25, -0.2) is 4.79 Å². The van der Waals surface area contributed by atoms with Crippen molar-refractivity contribution < 1.29 is 19.4 Å². The minimum absolute atomic E-state index is 0.0417. The maximum Gasteiger partial charge on any atom is 0.338 e. The molecule has 144 valence electrons. The molecule has 28 heavy (non-hydrogen) atoms. The number of ether oxygens (including phenoxy) is 1. The summed E-state index contributed by atoms with van der Waals surface area (Å²) in [7, 11) is 0. The molecular formula is C22H20ClNO4. The standard InChI is InChI=1S/C22H20ClNO4/c1-13-11-20(14(2)24(13)18-9-7-17(23)8-10-18)21(26)15(3)28-22(27)16-5-4-6-19(25)12-16/h4-12,15,25H,1-3H3. The summed E-state index contributed by atoms with van der Waals surface area (Å²) in [6, 6.07) is 14.9. The minimum Gasteiger partial charge on any atom is -0.508 e. The molecule has 1 N–H and O–H groups in total. The fraction of sp³-hybridized carbons (Fsp3) is 0.182. The van der Waals surface area contributed by atoms with Gasteiger partial charge in [-0.05, 0) is 69.3 Å². The van der Waals surface area contributed by atoms with E-state index in [4.69, 9.17) is 16.3 Å². The van der Waals surface area contributed by atoms with Crippen molar-refractivity contribution in [1.82, 2.24) is 4.57 Å². The summed E-state index contributed by atoms with van der Waals surface area (Å²) in [4.78, 5) is 25.1. The van der Waals surface area contributed by atoms with E-state index in [2.05, 4.69) is 0 Å². The molecule has 0 aliphatic carbocycles. The van der Waals surface area contributed by atoms with Crippen LogP contribution in [0.1, 0.15) is 39.0 Å². The van der Waals surface area contributed by atoms with E-state index in [1.807, 2.05) is 30.5 Å². The zero-order valence-corrected chi connectivity index (χ0v) is 16.5. The number of hydrogen-bond donors (Lipinski definition) is 1. The number of aromatic hydroxyl groups is 1. The van der Waals surface area contributed by atoms with Crippen LogP contribution in [0.25, 0.3) is 5.69 Å². The quantitative estimate of drug-likeness (QED) is 0.492. The fourth-order valence-electron chi connectivity index (χ4n) is 3.13. The molecule has 5 nitrogen and oxygen atoms in total. The maximum atomic E-state index is 12.9. The monoisotopic (exact) mass is 397 g/mol. The number of phenols is 1. The largest absolute Gasteiger partial charge is 0.508 e. The van der Waals surface area contributed by atoms with Crippen LogP contribution < -0.4 is 0 Å². The Labute approximate surface area is 168 Å². The van der Waals surface area contributed by atoms with Gasteiger partial charge in [0.25, 0.3) is 0 Å². The first-order valence-electron chi connectivity index (χ1n) is 8.77. The number of ketones is 1. The summed E-state index contributed by atoms with van der Waals surface area (Å²) >= 11 is 5.96. The van der Waals surface area contributed by atoms with Crippen LogP contribution in [0.2, 0.25) is 5.02 Å². The molecule has 1 atom stereocenters. The molecule has 0 radical (unpaired) electrons. The van der Waals surface area contributed by atoms with Crippen molar-refractivity contribution in [2.75, 3.05) is 0 Å². The lowest BCUT2D eigenvalue weighted by atomic mass is 10.1. The Bertz CT molecular complexity index is 1040. The van der Waals surface area contributed by atoms with Crippen molar-refractivity contribution in [1.29, 1.82) is 0 Å². The van der Waals surface area contributed by atoms with E-state index < -0.39 is 12.1 Å². The number of aryl methyl sites for hydroxylation is 1. The number of hydrogen-bond acceptors (Lipinski definition) is 4. The number of esters is 1. The van der Waals surface area contributed by atoms with Crippen molar-refractivity contribution in [3.63, 3.8) is 0 Å². The van der Waals surface area contributed by atoms with Crippen LogP contribution in [0.3, 0.4) is 0 Å². The van der Waals surface area contributed by atoms with E-state index in [0.29, 0.717) is 10.6 Å². The van der Waals surface area contributed by atoms with Gasteiger partial charge in [-0.15, -0.1) is 0 Å². The number of aromatic nitrogens is 1. The van der Waals surface area contributed by atoms with Crippen LogP contribution in [0.5, 0.6) is 5.75 Å². The van der Waals surface area contributed by atoms with Gasteiger partial charge >= 0.3 is 5.97 Å². The molecule has 3 aromatic rings. The summed E-state index contributed by atoms with van der Waals surface area (Å²) < 4.78 is 7.26. The van der Waals surface area contributed by atoms with Crippen LogP contribution in [-0.4, -0.2) is 27.5 Å². The van der Waals surface area contributed by atoms with Crippen molar-refractivity contribution in [3.8, 4) is 11.4 Å². The van der Waals surface area contributed by atoms with Crippen LogP contribution >= 0.6 is 11.6 Å². The van der Waals surface area contributed by atoms with E-state index in [1.54, 1.807) is 18.2 Å². The number of carbonyl (C=O) groups excluding carboxylic acids is 2. The first-order valence-corrected chi connectivity index (χ1v) is 9.15. The molecule has 1 aromatic heterocycles. The van der Waals surface area contributed by atoms with E-state index in [1.165, 1.54) is 31.2 Å². The number of nitrogens with zero attached hydrogens (tertiary/aromatic N) is 1. The van der Waals surface area contributed by atoms with Gasteiger partial charge in [-0.1, -0.05) is 17.7 Å². The number of Topliss-reactive ketones (excluding diaryl/α,β-unsaturated/α-hetero) is 1. The lowest BCUT2D eigenvalue weighted by Gasteiger charge is -2.13. The minimum atomic E-state index is -0.964.